The Kier molecular flexibility index (Phi) is 4.92. The minimum Gasteiger partial charge on any atom is -0.495 e. The summed E-state index contributed by atoms with van der Waals surface area (Å²) in [6, 6.07) is 8.78. The number of methoxy groups -OCH3 is 1. The quantitative estimate of drug-likeness (QED) is 0.335. The molecule has 0 bridgehead atoms. The summed E-state index contributed by atoms with van der Waals surface area (Å²) in [7, 11) is 1.50. The van der Waals surface area contributed by atoms with Gasteiger partial charge in [0.25, 0.3) is 5.69 Å². The minimum absolute atomic E-state index is 0.0271. The van der Waals surface area contributed by atoms with Crippen molar-refractivity contribution in [2.75, 3.05) is 7.11 Å². The Morgan fingerprint density at radius 1 is 1.19 bits per heavy atom. The minimum atomic E-state index is -0.665. The van der Waals surface area contributed by atoms with E-state index in [-0.39, 0.29) is 27.9 Å². The standard InChI is InChI=1S/C17H10Cl2N2O5/c1-25-15-5-2-9(6-13(15)19)7-14-17(22)26-16(20-14)11-4-3-10(21(23)24)8-12(11)18/h2-8H,1H3/b14-7-. The number of esters is 1. The highest BCUT2D eigenvalue weighted by Crippen LogP contribution is 2.29. The molecule has 1 aliphatic heterocycles. The highest BCUT2D eigenvalue weighted by molar-refractivity contribution is 6.34. The van der Waals surface area contributed by atoms with Gasteiger partial charge in [0, 0.05) is 12.1 Å². The van der Waals surface area contributed by atoms with Crippen LogP contribution in [0.2, 0.25) is 10.0 Å². The molecule has 1 aliphatic rings. The Balaban J connectivity index is 1.94. The van der Waals surface area contributed by atoms with Gasteiger partial charge < -0.3 is 9.47 Å². The van der Waals surface area contributed by atoms with Crippen molar-refractivity contribution in [3.8, 4) is 5.75 Å². The number of nitro benzene ring substituents is 1. The molecule has 0 spiro atoms. The second-order valence-electron chi connectivity index (χ2n) is 5.15. The maximum absolute atomic E-state index is 12.0. The number of rotatable bonds is 4. The molecular formula is C17H10Cl2N2O5. The van der Waals surface area contributed by atoms with Gasteiger partial charge in [-0.2, -0.15) is 0 Å². The summed E-state index contributed by atoms with van der Waals surface area (Å²) >= 11 is 12.1. The molecule has 2 aromatic rings. The topological polar surface area (TPSA) is 91.0 Å². The lowest BCUT2D eigenvalue weighted by atomic mass is 10.2. The molecule has 0 amide bonds. The first-order valence-corrected chi connectivity index (χ1v) is 7.95. The number of benzene rings is 2. The predicted octanol–water partition coefficient (Wildman–Crippen LogP) is 4.25. The van der Waals surface area contributed by atoms with E-state index < -0.39 is 10.9 Å². The van der Waals surface area contributed by atoms with Gasteiger partial charge in [-0.25, -0.2) is 9.79 Å². The summed E-state index contributed by atoms with van der Waals surface area (Å²) in [6.07, 6.45) is 1.50. The number of carbonyl (C=O) groups is 1. The zero-order valence-electron chi connectivity index (χ0n) is 13.2. The number of hydrogen-bond donors (Lipinski definition) is 0. The van der Waals surface area contributed by atoms with Crippen LogP contribution in [0.5, 0.6) is 5.75 Å². The van der Waals surface area contributed by atoms with Crippen molar-refractivity contribution >= 4 is 46.8 Å². The number of non-ortho nitro benzene ring substituents is 1. The molecule has 26 heavy (non-hydrogen) atoms. The number of nitro groups is 1. The molecule has 0 aliphatic carbocycles. The molecular weight excluding hydrogens is 383 g/mol. The molecule has 0 unspecified atom stereocenters. The third-order valence-electron chi connectivity index (χ3n) is 3.49. The van der Waals surface area contributed by atoms with Crippen molar-refractivity contribution in [1.29, 1.82) is 0 Å². The third kappa shape index (κ3) is 3.54. The predicted molar refractivity (Wildman–Crippen MR) is 96.7 cm³/mol. The average Bonchev–Trinajstić information content (AvgIpc) is 2.95. The fourth-order valence-electron chi connectivity index (χ4n) is 2.25. The molecule has 0 saturated heterocycles. The summed E-state index contributed by atoms with van der Waals surface area (Å²) in [5, 5.41) is 11.2. The summed E-state index contributed by atoms with van der Waals surface area (Å²) in [4.78, 5) is 26.4. The van der Waals surface area contributed by atoms with Crippen LogP contribution < -0.4 is 4.74 Å². The third-order valence-corrected chi connectivity index (χ3v) is 4.10. The number of hydrogen-bond acceptors (Lipinski definition) is 6. The fraction of sp³-hybridized carbons (Fsp3) is 0.0588. The SMILES string of the molecule is COc1ccc(/C=C2\N=C(c3ccc([N+](=O)[O-])cc3Cl)OC2=O)cc1Cl. The molecule has 0 N–H and O–H groups in total. The number of cyclic esters (lactones) is 1. The van der Waals surface area contributed by atoms with E-state index in [0.29, 0.717) is 16.3 Å². The Bertz CT molecular complexity index is 985. The maximum Gasteiger partial charge on any atom is 0.363 e. The molecule has 0 atom stereocenters. The Morgan fingerprint density at radius 3 is 2.58 bits per heavy atom. The van der Waals surface area contributed by atoms with Gasteiger partial charge in [0.2, 0.25) is 5.90 Å². The van der Waals surface area contributed by atoms with Gasteiger partial charge in [0.1, 0.15) is 5.75 Å². The lowest BCUT2D eigenvalue weighted by molar-refractivity contribution is -0.384. The van der Waals surface area contributed by atoms with E-state index in [2.05, 4.69) is 4.99 Å². The van der Waals surface area contributed by atoms with E-state index >= 15 is 0 Å². The van der Waals surface area contributed by atoms with Gasteiger partial charge in [-0.1, -0.05) is 29.3 Å². The van der Waals surface area contributed by atoms with Gasteiger partial charge in [-0.3, -0.25) is 10.1 Å². The molecule has 3 rings (SSSR count). The lowest BCUT2D eigenvalue weighted by Gasteiger charge is -2.03. The van der Waals surface area contributed by atoms with Crippen LogP contribution in [0, 0.1) is 10.1 Å². The molecule has 9 heteroatoms. The van der Waals surface area contributed by atoms with E-state index in [1.54, 1.807) is 18.2 Å². The Hall–Kier alpha value is -2.90. The van der Waals surface area contributed by atoms with Crippen molar-refractivity contribution in [3.63, 3.8) is 0 Å². The van der Waals surface area contributed by atoms with Crippen molar-refractivity contribution in [1.82, 2.24) is 0 Å². The number of halogens is 2. The van der Waals surface area contributed by atoms with Gasteiger partial charge in [0.15, 0.2) is 5.70 Å². The van der Waals surface area contributed by atoms with Crippen LogP contribution in [0.15, 0.2) is 47.1 Å². The molecule has 0 aromatic heterocycles. The number of ether oxygens (including phenoxy) is 2. The van der Waals surface area contributed by atoms with Crippen LogP contribution in [0.4, 0.5) is 5.69 Å². The second-order valence-corrected chi connectivity index (χ2v) is 5.97. The van der Waals surface area contributed by atoms with Gasteiger partial charge in [0.05, 0.1) is 27.6 Å². The van der Waals surface area contributed by atoms with Crippen LogP contribution in [0.1, 0.15) is 11.1 Å². The van der Waals surface area contributed by atoms with Crippen molar-refractivity contribution in [3.05, 3.63) is 73.4 Å². The first-order valence-electron chi connectivity index (χ1n) is 7.19. The lowest BCUT2D eigenvalue weighted by Crippen LogP contribution is -2.06. The smallest absolute Gasteiger partial charge is 0.363 e. The van der Waals surface area contributed by atoms with E-state index in [1.807, 2.05) is 0 Å². The first-order chi connectivity index (χ1) is 12.4. The maximum atomic E-state index is 12.0. The Labute approximate surface area is 157 Å². The van der Waals surface area contributed by atoms with Crippen LogP contribution in [-0.2, 0) is 9.53 Å². The molecule has 2 aromatic carbocycles. The van der Waals surface area contributed by atoms with E-state index in [9.17, 15) is 14.9 Å². The van der Waals surface area contributed by atoms with Gasteiger partial charge in [-0.05, 0) is 29.8 Å². The van der Waals surface area contributed by atoms with E-state index in [1.165, 1.54) is 25.3 Å². The molecule has 7 nitrogen and oxygen atoms in total. The fourth-order valence-corrected chi connectivity index (χ4v) is 2.77. The second kappa shape index (κ2) is 7.15. The Morgan fingerprint density at radius 2 is 1.96 bits per heavy atom. The number of carbonyl (C=O) groups excluding carboxylic acids is 1. The summed E-state index contributed by atoms with van der Waals surface area (Å²) in [5.41, 5.74) is 0.785. The normalized spacial score (nSPS) is 15.0. The summed E-state index contributed by atoms with van der Waals surface area (Å²) < 4.78 is 10.2. The highest BCUT2D eigenvalue weighted by atomic mass is 35.5. The largest absolute Gasteiger partial charge is 0.495 e. The first kappa shape index (κ1) is 17.9. The average molecular weight is 393 g/mol. The van der Waals surface area contributed by atoms with E-state index in [4.69, 9.17) is 32.7 Å². The van der Waals surface area contributed by atoms with Crippen molar-refractivity contribution in [2.24, 2.45) is 4.99 Å². The van der Waals surface area contributed by atoms with Gasteiger partial charge >= 0.3 is 5.97 Å². The zero-order valence-corrected chi connectivity index (χ0v) is 14.7. The number of aliphatic imine (C=N–C) groups is 1. The zero-order chi connectivity index (χ0) is 18.8. The van der Waals surface area contributed by atoms with Crippen LogP contribution in [0.25, 0.3) is 6.08 Å². The summed E-state index contributed by atoms with van der Waals surface area (Å²) in [6.45, 7) is 0. The molecule has 0 saturated carbocycles. The van der Waals surface area contributed by atoms with Crippen molar-refractivity contribution < 1.29 is 19.2 Å². The van der Waals surface area contributed by atoms with Gasteiger partial charge in [-0.15, -0.1) is 0 Å². The summed E-state index contributed by atoms with van der Waals surface area (Å²) in [5.74, 6) is -0.188. The molecule has 0 radical (unpaired) electrons. The molecule has 1 heterocycles. The monoisotopic (exact) mass is 392 g/mol. The van der Waals surface area contributed by atoms with Crippen LogP contribution >= 0.6 is 23.2 Å². The van der Waals surface area contributed by atoms with Crippen LogP contribution in [-0.4, -0.2) is 23.9 Å². The molecule has 132 valence electrons. The number of nitrogens with zero attached hydrogens (tertiary/aromatic N) is 2. The van der Waals surface area contributed by atoms with Crippen LogP contribution in [0.3, 0.4) is 0 Å². The van der Waals surface area contributed by atoms with E-state index in [0.717, 1.165) is 6.07 Å². The molecule has 0 fully saturated rings. The van der Waals surface area contributed by atoms with Crippen molar-refractivity contribution in [2.45, 2.75) is 0 Å². The highest BCUT2D eigenvalue weighted by Gasteiger charge is 2.26.